The average molecular weight is 301 g/mol. The SMILES string of the molecule is O=C(Cn1cccnc1=O)N1CCC[C@@H]1c1ccc(F)cc1. The largest absolute Gasteiger partial charge is 0.347 e. The van der Waals surface area contributed by atoms with E-state index in [1.54, 1.807) is 29.3 Å². The quantitative estimate of drug-likeness (QED) is 0.868. The fraction of sp³-hybridized carbons (Fsp3) is 0.312. The van der Waals surface area contributed by atoms with Gasteiger partial charge in [-0.1, -0.05) is 12.1 Å². The summed E-state index contributed by atoms with van der Waals surface area (Å²) in [4.78, 5) is 29.5. The lowest BCUT2D eigenvalue weighted by molar-refractivity contribution is -0.132. The van der Waals surface area contributed by atoms with Crippen LogP contribution in [0.4, 0.5) is 4.39 Å². The summed E-state index contributed by atoms with van der Waals surface area (Å²) in [6.07, 6.45) is 4.70. The second-order valence-electron chi connectivity index (χ2n) is 5.33. The van der Waals surface area contributed by atoms with E-state index in [-0.39, 0.29) is 24.3 Å². The molecule has 0 saturated carbocycles. The number of rotatable bonds is 3. The highest BCUT2D eigenvalue weighted by Gasteiger charge is 2.29. The summed E-state index contributed by atoms with van der Waals surface area (Å²) >= 11 is 0. The second-order valence-corrected chi connectivity index (χ2v) is 5.33. The van der Waals surface area contributed by atoms with Crippen LogP contribution in [-0.4, -0.2) is 26.9 Å². The molecular weight excluding hydrogens is 285 g/mol. The van der Waals surface area contributed by atoms with Crippen molar-refractivity contribution in [2.24, 2.45) is 0 Å². The van der Waals surface area contributed by atoms with Gasteiger partial charge in [-0.25, -0.2) is 14.2 Å². The number of nitrogens with zero attached hydrogens (tertiary/aromatic N) is 3. The van der Waals surface area contributed by atoms with Crippen LogP contribution < -0.4 is 5.69 Å². The van der Waals surface area contributed by atoms with E-state index in [9.17, 15) is 14.0 Å². The first-order chi connectivity index (χ1) is 10.6. The summed E-state index contributed by atoms with van der Waals surface area (Å²) in [5.74, 6) is -0.413. The highest BCUT2D eigenvalue weighted by Crippen LogP contribution is 2.32. The van der Waals surface area contributed by atoms with Crippen molar-refractivity contribution >= 4 is 5.91 Å². The van der Waals surface area contributed by atoms with Gasteiger partial charge in [0.25, 0.3) is 0 Å². The van der Waals surface area contributed by atoms with Crippen LogP contribution in [0.2, 0.25) is 0 Å². The Morgan fingerprint density at radius 2 is 2.09 bits per heavy atom. The van der Waals surface area contributed by atoms with Crippen molar-refractivity contribution in [3.8, 4) is 0 Å². The summed E-state index contributed by atoms with van der Waals surface area (Å²) in [5.41, 5.74) is 0.485. The number of benzene rings is 1. The molecule has 1 atom stereocenters. The number of hydrogen-bond acceptors (Lipinski definition) is 3. The lowest BCUT2D eigenvalue weighted by atomic mass is 10.0. The van der Waals surface area contributed by atoms with Crippen molar-refractivity contribution < 1.29 is 9.18 Å². The second kappa shape index (κ2) is 6.09. The topological polar surface area (TPSA) is 55.2 Å². The molecule has 1 aromatic heterocycles. The van der Waals surface area contributed by atoms with Crippen LogP contribution >= 0.6 is 0 Å². The van der Waals surface area contributed by atoms with Crippen molar-refractivity contribution in [1.82, 2.24) is 14.5 Å². The minimum Gasteiger partial charge on any atom is -0.334 e. The van der Waals surface area contributed by atoms with Gasteiger partial charge >= 0.3 is 5.69 Å². The first kappa shape index (κ1) is 14.4. The van der Waals surface area contributed by atoms with Crippen molar-refractivity contribution in [3.05, 3.63) is 64.6 Å². The highest BCUT2D eigenvalue weighted by atomic mass is 19.1. The Balaban J connectivity index is 1.78. The van der Waals surface area contributed by atoms with E-state index < -0.39 is 5.69 Å². The van der Waals surface area contributed by atoms with Gasteiger partial charge in [-0.2, -0.15) is 0 Å². The fourth-order valence-corrected chi connectivity index (χ4v) is 2.84. The van der Waals surface area contributed by atoms with Gasteiger partial charge in [-0.05, 0) is 36.6 Å². The van der Waals surface area contributed by atoms with Gasteiger partial charge in [-0.15, -0.1) is 0 Å². The van der Waals surface area contributed by atoms with Crippen LogP contribution in [0, 0.1) is 5.82 Å². The Morgan fingerprint density at radius 1 is 1.32 bits per heavy atom. The maximum atomic E-state index is 13.0. The van der Waals surface area contributed by atoms with Crippen molar-refractivity contribution in [1.29, 1.82) is 0 Å². The van der Waals surface area contributed by atoms with Crippen molar-refractivity contribution in [2.45, 2.75) is 25.4 Å². The number of carbonyl (C=O) groups excluding carboxylic acids is 1. The third-order valence-corrected chi connectivity index (χ3v) is 3.92. The molecule has 22 heavy (non-hydrogen) atoms. The van der Waals surface area contributed by atoms with Gasteiger partial charge < -0.3 is 4.90 Å². The molecule has 2 aromatic rings. The van der Waals surface area contributed by atoms with Crippen LogP contribution in [-0.2, 0) is 11.3 Å². The molecule has 1 amide bonds. The molecular formula is C16H16FN3O2. The van der Waals surface area contributed by atoms with Gasteiger partial charge in [0.2, 0.25) is 5.91 Å². The van der Waals surface area contributed by atoms with E-state index in [0.29, 0.717) is 6.54 Å². The lowest BCUT2D eigenvalue weighted by Gasteiger charge is -2.25. The van der Waals surface area contributed by atoms with Crippen molar-refractivity contribution in [2.75, 3.05) is 6.54 Å². The van der Waals surface area contributed by atoms with Gasteiger partial charge in [0.1, 0.15) is 12.4 Å². The molecule has 114 valence electrons. The van der Waals surface area contributed by atoms with Crippen molar-refractivity contribution in [3.63, 3.8) is 0 Å². The van der Waals surface area contributed by atoms with Crippen LogP contribution in [0.25, 0.3) is 0 Å². The fourth-order valence-electron chi connectivity index (χ4n) is 2.84. The molecule has 0 aliphatic carbocycles. The summed E-state index contributed by atoms with van der Waals surface area (Å²) in [7, 11) is 0. The third-order valence-electron chi connectivity index (χ3n) is 3.92. The molecule has 0 spiro atoms. The Kier molecular flexibility index (Phi) is 4.00. The zero-order valence-corrected chi connectivity index (χ0v) is 12.0. The number of amides is 1. The Hall–Kier alpha value is -2.50. The van der Waals surface area contributed by atoms with E-state index in [1.807, 2.05) is 0 Å². The number of carbonyl (C=O) groups is 1. The minimum atomic E-state index is -0.437. The zero-order valence-electron chi connectivity index (χ0n) is 12.0. The normalized spacial score (nSPS) is 17.7. The standard InChI is InChI=1S/C16H16FN3O2/c17-13-6-4-12(5-7-13)14-3-1-10-20(14)15(21)11-19-9-2-8-18-16(19)22/h2,4-9,14H,1,3,10-11H2/t14-/m1/s1. The Bertz CT molecular complexity index is 727. The molecule has 0 bridgehead atoms. The minimum absolute atomic E-state index is 0.0234. The van der Waals surface area contributed by atoms with Gasteiger partial charge in [0, 0.05) is 18.9 Å². The molecule has 5 nitrogen and oxygen atoms in total. The molecule has 1 aliphatic rings. The first-order valence-corrected chi connectivity index (χ1v) is 7.21. The predicted octanol–water partition coefficient (Wildman–Crippen LogP) is 1.75. The summed E-state index contributed by atoms with van der Waals surface area (Å²) in [6.45, 7) is 0.625. The average Bonchev–Trinajstić information content (AvgIpc) is 3.00. The molecule has 1 saturated heterocycles. The van der Waals surface area contributed by atoms with Gasteiger partial charge in [-0.3, -0.25) is 9.36 Å². The molecule has 1 fully saturated rings. The van der Waals surface area contributed by atoms with Crippen LogP contribution in [0.5, 0.6) is 0 Å². The number of halogens is 1. The number of hydrogen-bond donors (Lipinski definition) is 0. The van der Waals surface area contributed by atoms with Gasteiger partial charge in [0.05, 0.1) is 6.04 Å². The molecule has 6 heteroatoms. The summed E-state index contributed by atoms with van der Waals surface area (Å²) in [6, 6.07) is 7.80. The lowest BCUT2D eigenvalue weighted by Crippen LogP contribution is -2.36. The predicted molar refractivity (Wildman–Crippen MR) is 78.6 cm³/mol. The molecule has 1 aliphatic heterocycles. The maximum Gasteiger partial charge on any atom is 0.347 e. The van der Waals surface area contributed by atoms with E-state index in [4.69, 9.17) is 0 Å². The molecule has 2 heterocycles. The maximum absolute atomic E-state index is 13.0. The third kappa shape index (κ3) is 2.90. The van der Waals surface area contributed by atoms with Crippen LogP contribution in [0.3, 0.4) is 0 Å². The molecule has 1 aromatic carbocycles. The number of likely N-dealkylation sites (tertiary alicyclic amines) is 1. The smallest absolute Gasteiger partial charge is 0.334 e. The molecule has 0 unspecified atom stereocenters. The highest BCUT2D eigenvalue weighted by molar-refractivity contribution is 5.76. The first-order valence-electron chi connectivity index (χ1n) is 7.21. The summed E-state index contributed by atoms with van der Waals surface area (Å²) in [5, 5.41) is 0. The van der Waals surface area contributed by atoms with Gasteiger partial charge in [0.15, 0.2) is 0 Å². The molecule has 0 N–H and O–H groups in total. The zero-order chi connectivity index (χ0) is 15.5. The molecule has 0 radical (unpaired) electrons. The van der Waals surface area contributed by atoms with E-state index in [2.05, 4.69) is 4.98 Å². The van der Waals surface area contributed by atoms with Crippen LogP contribution in [0.1, 0.15) is 24.4 Å². The molecule has 3 rings (SSSR count). The Morgan fingerprint density at radius 3 is 2.82 bits per heavy atom. The van der Waals surface area contributed by atoms with E-state index >= 15 is 0 Å². The Labute approximate surface area is 127 Å². The monoisotopic (exact) mass is 301 g/mol. The number of aromatic nitrogens is 2. The van der Waals surface area contributed by atoms with E-state index in [1.165, 1.54) is 22.9 Å². The van der Waals surface area contributed by atoms with E-state index in [0.717, 1.165) is 18.4 Å². The van der Waals surface area contributed by atoms with Crippen LogP contribution in [0.15, 0.2) is 47.5 Å². The summed E-state index contributed by atoms with van der Waals surface area (Å²) < 4.78 is 14.3.